The number of allylic oxidation sites excluding steroid dienone is 1. The summed E-state index contributed by atoms with van der Waals surface area (Å²) in [5.41, 5.74) is 7.74. The number of nitrogens with zero attached hydrogens (tertiary/aromatic N) is 5. The van der Waals surface area contributed by atoms with Gasteiger partial charge in [-0.15, -0.1) is 0 Å². The van der Waals surface area contributed by atoms with Crippen molar-refractivity contribution in [2.45, 2.75) is 25.8 Å². The molecule has 0 bridgehead atoms. The van der Waals surface area contributed by atoms with Crippen molar-refractivity contribution < 1.29 is 9.90 Å². The second-order valence-electron chi connectivity index (χ2n) is 9.95. The number of carboxylic acid groups (broad SMARTS) is 1. The van der Waals surface area contributed by atoms with Gasteiger partial charge in [-0.25, -0.2) is 9.78 Å². The summed E-state index contributed by atoms with van der Waals surface area (Å²) in [6.07, 6.45) is 8.13. The van der Waals surface area contributed by atoms with Gasteiger partial charge in [0.15, 0.2) is 0 Å². The normalized spacial score (nSPS) is 18.3. The molecule has 7 heteroatoms. The van der Waals surface area contributed by atoms with Crippen LogP contribution in [0, 0.1) is 6.92 Å². The van der Waals surface area contributed by atoms with Crippen molar-refractivity contribution in [2.75, 3.05) is 23.0 Å². The van der Waals surface area contributed by atoms with E-state index < -0.39 is 5.97 Å². The lowest BCUT2D eigenvalue weighted by molar-refractivity contribution is 0.0697. The summed E-state index contributed by atoms with van der Waals surface area (Å²) in [6, 6.07) is 21.8. The lowest BCUT2D eigenvalue weighted by atomic mass is 9.95. The number of hydrazine groups is 1. The first-order valence-electron chi connectivity index (χ1n) is 13.0. The summed E-state index contributed by atoms with van der Waals surface area (Å²) < 4.78 is 0. The molecule has 0 aliphatic carbocycles. The highest BCUT2D eigenvalue weighted by Crippen LogP contribution is 2.50. The van der Waals surface area contributed by atoms with Gasteiger partial charge in [0.25, 0.3) is 0 Å². The van der Waals surface area contributed by atoms with E-state index in [1.165, 1.54) is 11.4 Å². The average molecular weight is 502 g/mol. The minimum Gasteiger partial charge on any atom is -0.478 e. The highest BCUT2D eigenvalue weighted by molar-refractivity contribution is 5.91. The van der Waals surface area contributed by atoms with E-state index in [9.17, 15) is 9.90 Å². The van der Waals surface area contributed by atoms with Gasteiger partial charge in [-0.3, -0.25) is 15.0 Å². The van der Waals surface area contributed by atoms with Crippen LogP contribution in [0.5, 0.6) is 0 Å². The molecule has 7 nitrogen and oxygen atoms in total. The molecule has 1 N–H and O–H groups in total. The predicted octanol–water partition coefficient (Wildman–Crippen LogP) is 5.95. The molecule has 4 aromatic rings. The largest absolute Gasteiger partial charge is 0.478 e. The fourth-order valence-electron chi connectivity index (χ4n) is 6.09. The number of hydrogen-bond donors (Lipinski definition) is 1. The van der Waals surface area contributed by atoms with Crippen LogP contribution in [-0.2, 0) is 0 Å². The van der Waals surface area contributed by atoms with Crippen molar-refractivity contribution in [3.05, 3.63) is 113 Å². The topological polar surface area (TPSA) is 72.8 Å². The molecule has 0 spiro atoms. The Kier molecular flexibility index (Phi) is 5.18. The Bertz CT molecular complexity index is 1650. The summed E-state index contributed by atoms with van der Waals surface area (Å²) in [5.74, 6) is -0.0199. The smallest absolute Gasteiger partial charge is 0.335 e. The molecule has 2 aromatic carbocycles. The summed E-state index contributed by atoms with van der Waals surface area (Å²) in [5, 5.41) is 15.6. The zero-order valence-electron chi connectivity index (χ0n) is 21.1. The number of rotatable bonds is 4. The zero-order chi connectivity index (χ0) is 25.8. The number of aromatic nitrogens is 2. The summed E-state index contributed by atoms with van der Waals surface area (Å²) >= 11 is 0. The van der Waals surface area contributed by atoms with Crippen LogP contribution >= 0.6 is 0 Å². The molecule has 0 radical (unpaired) electrons. The molecule has 2 aromatic heterocycles. The molecular formula is C31H27N5O2. The van der Waals surface area contributed by atoms with Crippen LogP contribution in [-0.4, -0.2) is 39.1 Å². The number of carbonyl (C=O) groups is 1. The maximum absolute atomic E-state index is 11.9. The van der Waals surface area contributed by atoms with E-state index in [1.807, 2.05) is 37.4 Å². The van der Waals surface area contributed by atoms with Crippen molar-refractivity contribution in [3.8, 4) is 0 Å². The van der Waals surface area contributed by atoms with Crippen molar-refractivity contribution in [3.63, 3.8) is 0 Å². The van der Waals surface area contributed by atoms with Gasteiger partial charge in [-0.1, -0.05) is 42.5 Å². The average Bonchev–Trinajstić information content (AvgIpc) is 3.53. The van der Waals surface area contributed by atoms with Crippen LogP contribution < -0.4 is 9.91 Å². The third kappa shape index (κ3) is 3.46. The Morgan fingerprint density at radius 1 is 1.05 bits per heavy atom. The summed E-state index contributed by atoms with van der Waals surface area (Å²) in [4.78, 5) is 23.8. The second kappa shape index (κ2) is 8.73. The first-order chi connectivity index (χ1) is 18.6. The van der Waals surface area contributed by atoms with Crippen molar-refractivity contribution in [2.24, 2.45) is 0 Å². The lowest BCUT2D eigenvalue weighted by Crippen LogP contribution is -2.40. The third-order valence-electron chi connectivity index (χ3n) is 7.68. The maximum Gasteiger partial charge on any atom is 0.335 e. The fourth-order valence-corrected chi connectivity index (χ4v) is 6.09. The molecule has 1 unspecified atom stereocenters. The molecule has 3 aliphatic heterocycles. The molecule has 1 fully saturated rings. The molecule has 0 amide bonds. The number of carboxylic acids is 1. The van der Waals surface area contributed by atoms with Gasteiger partial charge in [0.05, 0.1) is 22.5 Å². The highest BCUT2D eigenvalue weighted by Gasteiger charge is 2.46. The zero-order valence-corrected chi connectivity index (χ0v) is 21.1. The van der Waals surface area contributed by atoms with E-state index in [0.29, 0.717) is 12.1 Å². The molecule has 38 heavy (non-hydrogen) atoms. The second-order valence-corrected chi connectivity index (χ2v) is 9.95. The molecule has 188 valence electrons. The number of para-hydroxylation sites is 1. The van der Waals surface area contributed by atoms with E-state index in [1.54, 1.807) is 6.07 Å². The first-order valence-corrected chi connectivity index (χ1v) is 13.0. The Hall–Kier alpha value is -4.65. The minimum atomic E-state index is -0.920. The van der Waals surface area contributed by atoms with Gasteiger partial charge in [-0.05, 0) is 67.3 Å². The monoisotopic (exact) mass is 501 g/mol. The summed E-state index contributed by atoms with van der Waals surface area (Å²) in [7, 11) is 0. The summed E-state index contributed by atoms with van der Waals surface area (Å²) in [6.45, 7) is 3.59. The molecule has 7 rings (SSSR count). The third-order valence-corrected chi connectivity index (χ3v) is 7.68. The molecule has 5 heterocycles. The number of fused-ring (bicyclic) bond motifs is 3. The predicted molar refractivity (Wildman–Crippen MR) is 149 cm³/mol. The standard InChI is InChI=1S/C31H27N5O2/c1-20-7-4-12-28(33-20)36-29(24-15-16-32-25-10-3-2-9-23(24)25)30(26-11-6-18-35(26)36)34-17-5-8-21-13-14-22(31(37)38)19-27(21)34/h2-5,7-10,12-16,19,29H,6,11,17-18H2,1H3,(H,37,38). The van der Waals surface area contributed by atoms with Crippen molar-refractivity contribution in [1.29, 1.82) is 0 Å². The highest BCUT2D eigenvalue weighted by atomic mass is 16.4. The van der Waals surface area contributed by atoms with Gasteiger partial charge in [-0.2, -0.15) is 0 Å². The number of aryl methyl sites for hydroxylation is 1. The van der Waals surface area contributed by atoms with Crippen LogP contribution in [0.2, 0.25) is 0 Å². The Labute approximate surface area is 220 Å². The van der Waals surface area contributed by atoms with Crippen LogP contribution in [0.1, 0.15) is 46.1 Å². The van der Waals surface area contributed by atoms with Crippen LogP contribution in [0.3, 0.4) is 0 Å². The number of benzene rings is 2. The van der Waals surface area contributed by atoms with Crippen LogP contribution in [0.4, 0.5) is 11.5 Å². The Balaban J connectivity index is 1.49. The number of aromatic carboxylic acids is 1. The maximum atomic E-state index is 11.9. The van der Waals surface area contributed by atoms with E-state index >= 15 is 0 Å². The van der Waals surface area contributed by atoms with Gasteiger partial charge < -0.3 is 10.0 Å². The SMILES string of the molecule is Cc1cccc(N2C(c3ccnc4ccccc34)C(N3CC=Cc4ccc(C(=O)O)cc43)=C3CCCN32)n1. The van der Waals surface area contributed by atoms with E-state index in [4.69, 9.17) is 4.98 Å². The molecule has 1 saturated heterocycles. The number of hydrogen-bond acceptors (Lipinski definition) is 6. The van der Waals surface area contributed by atoms with Gasteiger partial charge in [0.2, 0.25) is 0 Å². The van der Waals surface area contributed by atoms with Gasteiger partial charge in [0, 0.05) is 36.1 Å². The van der Waals surface area contributed by atoms with E-state index in [0.717, 1.165) is 58.6 Å². The van der Waals surface area contributed by atoms with E-state index in [2.05, 4.69) is 68.5 Å². The number of anilines is 2. The number of pyridine rings is 2. The Morgan fingerprint density at radius 2 is 1.95 bits per heavy atom. The van der Waals surface area contributed by atoms with Gasteiger partial charge >= 0.3 is 5.97 Å². The van der Waals surface area contributed by atoms with Crippen LogP contribution in [0.15, 0.2) is 90.4 Å². The molecule has 0 saturated carbocycles. The molecule has 3 aliphatic rings. The van der Waals surface area contributed by atoms with Crippen molar-refractivity contribution >= 4 is 34.5 Å². The fraction of sp³-hybridized carbons (Fsp3) is 0.194. The lowest BCUT2D eigenvalue weighted by Gasteiger charge is -2.37. The Morgan fingerprint density at radius 3 is 2.82 bits per heavy atom. The molecular weight excluding hydrogens is 474 g/mol. The van der Waals surface area contributed by atoms with Crippen LogP contribution in [0.25, 0.3) is 17.0 Å². The first kappa shape index (κ1) is 22.5. The van der Waals surface area contributed by atoms with Gasteiger partial charge in [0.1, 0.15) is 11.9 Å². The van der Waals surface area contributed by atoms with Crippen molar-refractivity contribution in [1.82, 2.24) is 15.0 Å². The quantitative estimate of drug-likeness (QED) is 0.370. The molecule has 1 atom stereocenters. The van der Waals surface area contributed by atoms with E-state index in [-0.39, 0.29) is 6.04 Å². The minimum absolute atomic E-state index is 0.152.